The average Bonchev–Trinajstić information content (AvgIpc) is 2.30. The van der Waals surface area contributed by atoms with E-state index in [1.807, 2.05) is 0 Å². The van der Waals surface area contributed by atoms with Gasteiger partial charge in [-0.05, 0) is 46.7 Å². The molecule has 0 saturated heterocycles. The third-order valence-corrected chi connectivity index (χ3v) is 2.73. The van der Waals surface area contributed by atoms with Crippen LogP contribution in [0.5, 0.6) is 0 Å². The summed E-state index contributed by atoms with van der Waals surface area (Å²) in [6.45, 7) is 8.56. The van der Waals surface area contributed by atoms with Crippen LogP contribution in [0, 0.1) is 0 Å². The zero-order chi connectivity index (χ0) is 21.1. The standard InChI is InChI=1S/C12H20F3N3O7S/c1-10(2,3)23-8(19)18(9(20)24-11(4,5)6)7(16)17-25-26(21,22)12(13,14)15/h1-6H3,(H2,16,17). The SMILES string of the molecule is CC(C)(C)OC(=O)N(C(=O)OC(C)(C)C)C(N)=NOS(=O)(=O)C(F)(F)F. The predicted octanol–water partition coefficient (Wildman–Crippen LogP) is 2.25. The molecule has 10 nitrogen and oxygen atoms in total. The van der Waals surface area contributed by atoms with E-state index in [4.69, 9.17) is 15.2 Å². The fraction of sp³-hybridized carbons (Fsp3) is 0.750. The van der Waals surface area contributed by atoms with E-state index >= 15 is 0 Å². The van der Waals surface area contributed by atoms with Crippen LogP contribution in [-0.4, -0.2) is 48.2 Å². The highest BCUT2D eigenvalue weighted by molar-refractivity contribution is 7.87. The Morgan fingerprint density at radius 3 is 1.54 bits per heavy atom. The zero-order valence-corrected chi connectivity index (χ0v) is 15.7. The van der Waals surface area contributed by atoms with Crippen LogP contribution in [0.4, 0.5) is 22.8 Å². The highest BCUT2D eigenvalue weighted by Crippen LogP contribution is 2.24. The number of imide groups is 1. The van der Waals surface area contributed by atoms with Gasteiger partial charge in [-0.25, -0.2) is 9.59 Å². The van der Waals surface area contributed by atoms with Crippen LogP contribution in [0.1, 0.15) is 41.5 Å². The molecular formula is C12H20F3N3O7S. The fourth-order valence-electron chi connectivity index (χ4n) is 1.05. The van der Waals surface area contributed by atoms with Gasteiger partial charge in [0.05, 0.1) is 0 Å². The van der Waals surface area contributed by atoms with Crippen LogP contribution >= 0.6 is 0 Å². The lowest BCUT2D eigenvalue weighted by Crippen LogP contribution is -2.50. The molecule has 0 unspecified atom stereocenters. The van der Waals surface area contributed by atoms with Crippen molar-refractivity contribution < 1.29 is 44.9 Å². The molecule has 0 bridgehead atoms. The molecule has 0 aliphatic rings. The first-order valence-corrected chi connectivity index (χ1v) is 8.27. The largest absolute Gasteiger partial charge is 0.536 e. The van der Waals surface area contributed by atoms with Gasteiger partial charge in [-0.3, -0.25) is 4.28 Å². The van der Waals surface area contributed by atoms with Crippen LogP contribution in [0.15, 0.2) is 5.16 Å². The van der Waals surface area contributed by atoms with Crippen molar-refractivity contribution in [1.82, 2.24) is 4.90 Å². The summed E-state index contributed by atoms with van der Waals surface area (Å²) in [7, 11) is -6.15. The van der Waals surface area contributed by atoms with Gasteiger partial charge in [0.15, 0.2) is 0 Å². The van der Waals surface area contributed by atoms with Gasteiger partial charge in [0, 0.05) is 0 Å². The lowest BCUT2D eigenvalue weighted by atomic mass is 10.2. The molecule has 0 aromatic rings. The Morgan fingerprint density at radius 1 is 0.923 bits per heavy atom. The summed E-state index contributed by atoms with van der Waals surface area (Å²) in [5.74, 6) is -1.35. The number of hydrogen-bond acceptors (Lipinski definition) is 8. The smallest absolute Gasteiger partial charge is 0.443 e. The van der Waals surface area contributed by atoms with Crippen molar-refractivity contribution >= 4 is 28.3 Å². The molecule has 0 aromatic carbocycles. The quantitative estimate of drug-likeness (QED) is 0.318. The second kappa shape index (κ2) is 7.55. The van der Waals surface area contributed by atoms with E-state index < -0.39 is 45.0 Å². The molecule has 26 heavy (non-hydrogen) atoms. The monoisotopic (exact) mass is 407 g/mol. The van der Waals surface area contributed by atoms with Crippen LogP contribution in [0.2, 0.25) is 0 Å². The number of rotatable bonds is 2. The van der Waals surface area contributed by atoms with E-state index in [0.717, 1.165) is 0 Å². The Hall–Kier alpha value is -2.25. The second-order valence-corrected chi connectivity index (χ2v) is 8.24. The lowest BCUT2D eigenvalue weighted by Gasteiger charge is -2.27. The van der Waals surface area contributed by atoms with Gasteiger partial charge in [0.25, 0.3) is 5.96 Å². The second-order valence-electron chi connectivity index (χ2n) is 6.72. The number of oxime groups is 1. The van der Waals surface area contributed by atoms with Crippen molar-refractivity contribution in [3.05, 3.63) is 0 Å². The number of halogens is 3. The summed E-state index contributed by atoms with van der Waals surface area (Å²) in [4.78, 5) is 24.0. The van der Waals surface area contributed by atoms with E-state index in [9.17, 15) is 31.2 Å². The minimum Gasteiger partial charge on any atom is -0.443 e. The maximum atomic E-state index is 12.2. The number of nitrogens with two attached hydrogens (primary N) is 1. The van der Waals surface area contributed by atoms with Crippen molar-refractivity contribution in [3.8, 4) is 0 Å². The third kappa shape index (κ3) is 7.76. The van der Waals surface area contributed by atoms with E-state index in [1.165, 1.54) is 41.5 Å². The van der Waals surface area contributed by atoms with Crippen LogP contribution < -0.4 is 5.73 Å². The van der Waals surface area contributed by atoms with Crippen LogP contribution in [-0.2, 0) is 23.9 Å². The number of nitrogens with zero attached hydrogens (tertiary/aromatic N) is 2. The maximum Gasteiger partial charge on any atom is 0.536 e. The molecule has 0 fully saturated rings. The molecule has 0 aliphatic carbocycles. The molecule has 0 atom stereocenters. The summed E-state index contributed by atoms with van der Waals surface area (Å²) in [5.41, 5.74) is -2.82. The molecular weight excluding hydrogens is 387 g/mol. The maximum absolute atomic E-state index is 12.2. The summed E-state index contributed by atoms with van der Waals surface area (Å²) in [6, 6.07) is 0. The van der Waals surface area contributed by atoms with Crippen molar-refractivity contribution in [3.63, 3.8) is 0 Å². The first-order chi connectivity index (χ1) is 11.3. The summed E-state index contributed by atoms with van der Waals surface area (Å²) in [6.07, 6.45) is -2.94. The zero-order valence-electron chi connectivity index (χ0n) is 14.9. The van der Waals surface area contributed by atoms with Gasteiger partial charge in [-0.2, -0.15) is 21.6 Å². The Balaban J connectivity index is 5.74. The molecule has 2 amide bonds. The Labute approximate surface area is 148 Å². The molecule has 0 heterocycles. The normalized spacial score (nSPS) is 13.8. The Kier molecular flexibility index (Phi) is 6.90. The minimum atomic E-state index is -6.15. The number of carbonyl (C=O) groups excluding carboxylic acids is 2. The minimum absolute atomic E-state index is 0.109. The fourth-order valence-corrected chi connectivity index (χ4v) is 1.31. The molecule has 0 aliphatic heterocycles. The van der Waals surface area contributed by atoms with Gasteiger partial charge in [0.2, 0.25) is 0 Å². The molecule has 0 radical (unpaired) electrons. The highest BCUT2D eigenvalue weighted by Gasteiger charge is 2.49. The molecule has 0 spiro atoms. The van der Waals surface area contributed by atoms with Gasteiger partial charge in [-0.15, -0.1) is 4.90 Å². The predicted molar refractivity (Wildman–Crippen MR) is 82.0 cm³/mol. The molecule has 0 rings (SSSR count). The van der Waals surface area contributed by atoms with E-state index in [0.29, 0.717) is 0 Å². The van der Waals surface area contributed by atoms with Gasteiger partial charge in [0.1, 0.15) is 11.2 Å². The highest BCUT2D eigenvalue weighted by atomic mass is 32.2. The lowest BCUT2D eigenvalue weighted by molar-refractivity contribution is -0.0541. The molecule has 14 heteroatoms. The number of ether oxygens (including phenoxy) is 2. The van der Waals surface area contributed by atoms with Crippen molar-refractivity contribution in [2.24, 2.45) is 10.9 Å². The van der Waals surface area contributed by atoms with Crippen molar-refractivity contribution in [1.29, 1.82) is 0 Å². The Bertz CT molecular complexity index is 648. The van der Waals surface area contributed by atoms with Gasteiger partial charge < -0.3 is 15.2 Å². The van der Waals surface area contributed by atoms with Crippen molar-refractivity contribution in [2.75, 3.05) is 0 Å². The van der Waals surface area contributed by atoms with Crippen molar-refractivity contribution in [2.45, 2.75) is 58.3 Å². The molecule has 2 N–H and O–H groups in total. The third-order valence-electron chi connectivity index (χ3n) is 1.89. The van der Waals surface area contributed by atoms with E-state index in [-0.39, 0.29) is 4.90 Å². The number of alkyl halides is 3. The Morgan fingerprint density at radius 2 is 1.27 bits per heavy atom. The molecule has 0 aromatic heterocycles. The number of carbonyl (C=O) groups is 2. The number of hydrogen-bond donors (Lipinski definition) is 1. The van der Waals surface area contributed by atoms with Gasteiger partial charge in [-0.1, -0.05) is 0 Å². The van der Waals surface area contributed by atoms with E-state index in [1.54, 1.807) is 0 Å². The van der Waals surface area contributed by atoms with Crippen LogP contribution in [0.25, 0.3) is 0 Å². The summed E-state index contributed by atoms with van der Waals surface area (Å²) >= 11 is 0. The number of amides is 2. The first-order valence-electron chi connectivity index (χ1n) is 6.86. The molecule has 152 valence electrons. The van der Waals surface area contributed by atoms with Crippen LogP contribution in [0.3, 0.4) is 0 Å². The topological polar surface area (TPSA) is 138 Å². The average molecular weight is 407 g/mol. The van der Waals surface area contributed by atoms with E-state index in [2.05, 4.69) is 9.44 Å². The first kappa shape index (κ1) is 23.8. The summed E-state index contributed by atoms with van der Waals surface area (Å²) in [5, 5.41) is 2.48. The molecule has 0 saturated carbocycles. The number of guanidine groups is 1. The van der Waals surface area contributed by atoms with Gasteiger partial charge >= 0.3 is 27.8 Å². The summed E-state index contributed by atoms with van der Waals surface area (Å²) < 4.78 is 71.4.